The molecule has 0 fully saturated rings. The molecule has 2 aromatic rings. The fraction of sp³-hybridized carbons (Fsp3) is 0. The van der Waals surface area contributed by atoms with Gasteiger partial charge in [-0.25, -0.2) is 9.59 Å². The summed E-state index contributed by atoms with van der Waals surface area (Å²) in [5, 5.41) is 19.1. The molecule has 0 spiro atoms. The molecule has 0 saturated heterocycles. The van der Waals surface area contributed by atoms with E-state index in [0.717, 1.165) is 0 Å². The minimum absolute atomic E-state index is 0. The van der Waals surface area contributed by atoms with E-state index < -0.39 is 11.9 Å². The number of fused-ring (bicyclic) bond motifs is 1. The van der Waals surface area contributed by atoms with Gasteiger partial charge < -0.3 is 10.2 Å². The number of hydrogen-bond acceptors (Lipinski definition) is 2. The van der Waals surface area contributed by atoms with E-state index in [0.29, 0.717) is 10.8 Å². The Morgan fingerprint density at radius 3 is 2.12 bits per heavy atom. The molecule has 5 heteroatoms. The summed E-state index contributed by atoms with van der Waals surface area (Å²) in [6, 6.07) is 9.72. The van der Waals surface area contributed by atoms with E-state index in [-0.39, 0.29) is 38.4 Å². The Balaban J connectivity index is 0.00000144. The zero-order valence-corrected chi connectivity index (χ0v) is 12.9. The average Bonchev–Trinajstić information content (AvgIpc) is 2.27. The fourth-order valence-corrected chi connectivity index (χ4v) is 1.68. The number of benzene rings is 2. The molecule has 0 aromatic heterocycles. The van der Waals surface area contributed by atoms with Gasteiger partial charge in [-0.05, 0) is 16.8 Å². The second-order valence-electron chi connectivity index (χ2n) is 3.32. The van der Waals surface area contributed by atoms with Crippen LogP contribution in [0, 0.1) is 0 Å². The molecular weight excluding hydrogens is 321 g/mol. The number of rotatable bonds is 2. The Kier molecular flexibility index (Phi) is 4.22. The summed E-state index contributed by atoms with van der Waals surface area (Å²) in [4.78, 5) is 22.0. The topological polar surface area (TPSA) is 74.6 Å². The van der Waals surface area contributed by atoms with E-state index in [2.05, 4.69) is 0 Å². The minimum atomic E-state index is -1.23. The van der Waals surface area contributed by atoms with Gasteiger partial charge in [0.25, 0.3) is 0 Å². The van der Waals surface area contributed by atoms with Gasteiger partial charge in [0.2, 0.25) is 0 Å². The molecular formula is C12H8CdO4. The van der Waals surface area contributed by atoms with Crippen LogP contribution in [0.5, 0.6) is 0 Å². The zero-order valence-electron chi connectivity index (χ0n) is 8.88. The number of aromatic carboxylic acids is 2. The molecule has 0 heterocycles. The van der Waals surface area contributed by atoms with Crippen LogP contribution in [-0.4, -0.2) is 22.2 Å². The van der Waals surface area contributed by atoms with Gasteiger partial charge in [0.15, 0.2) is 0 Å². The van der Waals surface area contributed by atoms with Crippen molar-refractivity contribution in [3.05, 3.63) is 47.5 Å². The van der Waals surface area contributed by atoms with Crippen molar-refractivity contribution in [2.24, 2.45) is 0 Å². The first-order chi connectivity index (χ1) is 7.61. The first-order valence-electron chi connectivity index (χ1n) is 4.59. The number of carboxylic acid groups (broad SMARTS) is 2. The molecule has 4 nitrogen and oxygen atoms in total. The van der Waals surface area contributed by atoms with Crippen molar-refractivity contribution in [3.8, 4) is 0 Å². The molecule has 0 unspecified atom stereocenters. The molecule has 17 heavy (non-hydrogen) atoms. The standard InChI is InChI=1S/C12H8O4.Cd/c13-11(14)9-6-5-7-3-1-2-4-8(7)10(9)12(15)16;/h1-6H,(H,13,14)(H,15,16);. The number of hydrogen-bond donors (Lipinski definition) is 2. The van der Waals surface area contributed by atoms with Gasteiger partial charge in [0, 0.05) is 27.3 Å². The van der Waals surface area contributed by atoms with Crippen LogP contribution in [0.1, 0.15) is 20.7 Å². The second kappa shape index (κ2) is 5.26. The third kappa shape index (κ3) is 2.46. The Morgan fingerprint density at radius 2 is 1.53 bits per heavy atom. The molecule has 2 rings (SSSR count). The van der Waals surface area contributed by atoms with Crippen LogP contribution in [0.2, 0.25) is 0 Å². The average molecular weight is 329 g/mol. The molecule has 0 aliphatic rings. The number of carbonyl (C=O) groups is 2. The summed E-state index contributed by atoms with van der Waals surface area (Å²) < 4.78 is 0. The van der Waals surface area contributed by atoms with Gasteiger partial charge in [0.05, 0.1) is 11.1 Å². The van der Waals surface area contributed by atoms with Crippen molar-refractivity contribution in [3.63, 3.8) is 0 Å². The predicted octanol–water partition coefficient (Wildman–Crippen LogP) is 2.23. The summed E-state index contributed by atoms with van der Waals surface area (Å²) in [6.45, 7) is 0. The molecule has 0 atom stereocenters. The zero-order chi connectivity index (χ0) is 11.7. The van der Waals surface area contributed by atoms with Gasteiger partial charge in [-0.1, -0.05) is 30.3 Å². The van der Waals surface area contributed by atoms with E-state index in [1.165, 1.54) is 6.07 Å². The van der Waals surface area contributed by atoms with E-state index in [9.17, 15) is 9.59 Å². The van der Waals surface area contributed by atoms with Crippen molar-refractivity contribution in [2.75, 3.05) is 0 Å². The van der Waals surface area contributed by atoms with Gasteiger partial charge in [0.1, 0.15) is 0 Å². The van der Waals surface area contributed by atoms with Gasteiger partial charge >= 0.3 is 11.9 Å². The van der Waals surface area contributed by atoms with Crippen LogP contribution in [-0.2, 0) is 27.3 Å². The third-order valence-corrected chi connectivity index (χ3v) is 2.37. The largest absolute Gasteiger partial charge is 0.478 e. The van der Waals surface area contributed by atoms with Crippen LogP contribution in [0.15, 0.2) is 36.4 Å². The molecule has 82 valence electrons. The summed E-state index contributed by atoms with van der Waals surface area (Å²) in [6.07, 6.45) is 0. The first kappa shape index (κ1) is 13.6. The quantitative estimate of drug-likeness (QED) is 0.829. The van der Waals surface area contributed by atoms with E-state index in [1.807, 2.05) is 0 Å². The maximum Gasteiger partial charge on any atom is 0.337 e. The summed E-state index contributed by atoms with van der Waals surface area (Å²) >= 11 is 0. The Bertz CT molecular complexity index is 592. The Morgan fingerprint density at radius 1 is 0.882 bits per heavy atom. The van der Waals surface area contributed by atoms with Crippen LogP contribution in [0.25, 0.3) is 10.8 Å². The van der Waals surface area contributed by atoms with E-state index >= 15 is 0 Å². The summed E-state index contributed by atoms with van der Waals surface area (Å²) in [7, 11) is 0. The molecule has 0 saturated carbocycles. The van der Waals surface area contributed by atoms with Crippen molar-refractivity contribution >= 4 is 22.7 Å². The molecule has 0 bridgehead atoms. The van der Waals surface area contributed by atoms with Crippen LogP contribution >= 0.6 is 0 Å². The van der Waals surface area contributed by atoms with Crippen LogP contribution in [0.3, 0.4) is 0 Å². The minimum Gasteiger partial charge on any atom is -0.478 e. The SMILES string of the molecule is O=C(O)c1ccc2ccccc2c1C(=O)O.[Cd]. The Labute approximate surface area is 117 Å². The monoisotopic (exact) mass is 330 g/mol. The van der Waals surface area contributed by atoms with E-state index in [1.54, 1.807) is 30.3 Å². The van der Waals surface area contributed by atoms with Crippen molar-refractivity contribution < 1.29 is 47.1 Å². The molecule has 2 aromatic carbocycles. The molecule has 0 aliphatic heterocycles. The smallest absolute Gasteiger partial charge is 0.337 e. The first-order valence-corrected chi connectivity index (χ1v) is 4.59. The van der Waals surface area contributed by atoms with Crippen LogP contribution in [0.4, 0.5) is 0 Å². The fourth-order valence-electron chi connectivity index (χ4n) is 1.68. The Hall–Kier alpha value is -1.44. The maximum absolute atomic E-state index is 11.1. The maximum atomic E-state index is 11.1. The second-order valence-corrected chi connectivity index (χ2v) is 3.32. The van der Waals surface area contributed by atoms with Crippen molar-refractivity contribution in [1.82, 2.24) is 0 Å². The summed E-state index contributed by atoms with van der Waals surface area (Å²) in [5.74, 6) is -2.46. The van der Waals surface area contributed by atoms with Gasteiger partial charge in [-0.15, -0.1) is 0 Å². The predicted molar refractivity (Wildman–Crippen MR) is 57.9 cm³/mol. The molecule has 2 N–H and O–H groups in total. The van der Waals surface area contributed by atoms with Gasteiger partial charge in [-0.2, -0.15) is 0 Å². The molecule has 0 aliphatic carbocycles. The van der Waals surface area contributed by atoms with Crippen molar-refractivity contribution in [2.45, 2.75) is 0 Å². The normalized spacial score (nSPS) is 9.65. The number of carboxylic acids is 2. The van der Waals surface area contributed by atoms with E-state index in [4.69, 9.17) is 10.2 Å². The molecule has 0 amide bonds. The van der Waals surface area contributed by atoms with Crippen LogP contribution < -0.4 is 0 Å². The summed E-state index contributed by atoms with van der Waals surface area (Å²) in [5.41, 5.74) is -0.350. The van der Waals surface area contributed by atoms with Crippen molar-refractivity contribution in [1.29, 1.82) is 0 Å². The van der Waals surface area contributed by atoms with Gasteiger partial charge in [-0.3, -0.25) is 0 Å². The third-order valence-electron chi connectivity index (χ3n) is 2.37. The molecule has 0 radical (unpaired) electrons.